The van der Waals surface area contributed by atoms with E-state index in [1.54, 1.807) is 0 Å². The van der Waals surface area contributed by atoms with Gasteiger partial charge in [0.2, 0.25) is 0 Å². The van der Waals surface area contributed by atoms with Crippen LogP contribution in [0.1, 0.15) is 17.2 Å². The van der Waals surface area contributed by atoms with E-state index >= 15 is 0 Å². The number of nitrogens with one attached hydrogen (secondary N) is 1. The minimum absolute atomic E-state index is 0. The highest BCUT2D eigenvalue weighted by Gasteiger charge is 2.17. The van der Waals surface area contributed by atoms with Gasteiger partial charge in [-0.05, 0) is 5.56 Å². The number of halogens is 1. The molecule has 0 aliphatic carbocycles. The van der Waals surface area contributed by atoms with Gasteiger partial charge in [-0.25, -0.2) is 0 Å². The third-order valence-corrected chi connectivity index (χ3v) is 3.18. The first-order valence-electron chi connectivity index (χ1n) is 6.16. The Morgan fingerprint density at radius 3 is 1.83 bits per heavy atom. The van der Waals surface area contributed by atoms with E-state index in [1.165, 1.54) is 16.0 Å². The molecule has 1 nitrogen and oxygen atoms in total. The second kappa shape index (κ2) is 7.20. The lowest BCUT2D eigenvalue weighted by Crippen LogP contribution is -3.06. The van der Waals surface area contributed by atoms with Gasteiger partial charge in [-0.1, -0.05) is 60.7 Å². The lowest BCUT2D eigenvalue weighted by molar-refractivity contribution is -0.892. The summed E-state index contributed by atoms with van der Waals surface area (Å²) in [5.41, 5.74) is 2.82. The standard InChI is InChI=1S/C16H19N.ClH/c1-17(2)16(15-11-7-4-8-12-15)13-14-9-5-3-6-10-14;/h3-12,16H,13H2,1-2H3;1H. The molecule has 0 amide bonds. The lowest BCUT2D eigenvalue weighted by atomic mass is 9.98. The number of benzene rings is 2. The van der Waals surface area contributed by atoms with Crippen molar-refractivity contribution in [3.8, 4) is 0 Å². The number of likely N-dealkylation sites (N-methyl/N-ethyl adjacent to an activating group) is 1. The smallest absolute Gasteiger partial charge is 0.117 e. The van der Waals surface area contributed by atoms with Crippen molar-refractivity contribution in [2.45, 2.75) is 12.5 Å². The fourth-order valence-electron chi connectivity index (χ4n) is 2.19. The second-order valence-electron chi connectivity index (χ2n) is 4.73. The predicted molar refractivity (Wildman–Crippen MR) is 72.1 cm³/mol. The van der Waals surface area contributed by atoms with Gasteiger partial charge in [0.1, 0.15) is 6.04 Å². The van der Waals surface area contributed by atoms with E-state index in [1.807, 2.05) is 0 Å². The first-order valence-corrected chi connectivity index (χ1v) is 6.16. The summed E-state index contributed by atoms with van der Waals surface area (Å²) in [5.74, 6) is 0. The van der Waals surface area contributed by atoms with Crippen molar-refractivity contribution in [3.63, 3.8) is 0 Å². The highest BCUT2D eigenvalue weighted by atomic mass is 35.5. The number of quaternary nitrogens is 1. The van der Waals surface area contributed by atoms with Crippen LogP contribution < -0.4 is 17.3 Å². The summed E-state index contributed by atoms with van der Waals surface area (Å²) in [4.78, 5) is 1.47. The molecule has 0 saturated carbocycles. The van der Waals surface area contributed by atoms with Crippen LogP contribution in [0.2, 0.25) is 0 Å². The SMILES string of the molecule is C[NH+](C)C(Cc1ccccc1)c1ccccc1.[Cl-]. The summed E-state index contributed by atoms with van der Waals surface area (Å²) >= 11 is 0. The average molecular weight is 262 g/mol. The summed E-state index contributed by atoms with van der Waals surface area (Å²) in [6, 6.07) is 22.0. The zero-order valence-electron chi connectivity index (χ0n) is 10.9. The maximum atomic E-state index is 2.22. The zero-order valence-corrected chi connectivity index (χ0v) is 11.7. The van der Waals surface area contributed by atoms with Crippen LogP contribution in [0.4, 0.5) is 0 Å². The third-order valence-electron chi connectivity index (χ3n) is 3.18. The van der Waals surface area contributed by atoms with Gasteiger partial charge >= 0.3 is 0 Å². The molecule has 0 spiro atoms. The Morgan fingerprint density at radius 1 is 0.833 bits per heavy atom. The normalized spacial score (nSPS) is 11.9. The lowest BCUT2D eigenvalue weighted by Gasteiger charge is -2.22. The van der Waals surface area contributed by atoms with Crippen LogP contribution in [0, 0.1) is 0 Å². The molecular formula is C16H20ClN. The van der Waals surface area contributed by atoms with Crippen LogP contribution in [0.25, 0.3) is 0 Å². The van der Waals surface area contributed by atoms with E-state index in [0.29, 0.717) is 6.04 Å². The number of hydrogen-bond acceptors (Lipinski definition) is 0. The Morgan fingerprint density at radius 2 is 1.33 bits per heavy atom. The molecule has 0 radical (unpaired) electrons. The molecule has 1 N–H and O–H groups in total. The zero-order chi connectivity index (χ0) is 12.1. The van der Waals surface area contributed by atoms with Gasteiger partial charge in [0.25, 0.3) is 0 Å². The van der Waals surface area contributed by atoms with Crippen molar-refractivity contribution in [3.05, 3.63) is 71.8 Å². The van der Waals surface area contributed by atoms with E-state index in [-0.39, 0.29) is 12.4 Å². The van der Waals surface area contributed by atoms with E-state index in [0.717, 1.165) is 6.42 Å². The molecule has 1 atom stereocenters. The van der Waals surface area contributed by atoms with Crippen molar-refractivity contribution in [1.82, 2.24) is 0 Å². The monoisotopic (exact) mass is 261 g/mol. The molecule has 2 aromatic rings. The minimum Gasteiger partial charge on any atom is -1.00 e. The Bertz CT molecular complexity index is 439. The maximum Gasteiger partial charge on any atom is 0.117 e. The quantitative estimate of drug-likeness (QED) is 0.729. The number of hydrogen-bond donors (Lipinski definition) is 1. The molecular weight excluding hydrogens is 242 g/mol. The molecule has 0 fully saturated rings. The molecule has 2 rings (SSSR count). The van der Waals surface area contributed by atoms with Crippen LogP contribution in [0.15, 0.2) is 60.7 Å². The Balaban J connectivity index is 0.00000162. The van der Waals surface area contributed by atoms with Gasteiger partial charge in [-0.15, -0.1) is 0 Å². The second-order valence-corrected chi connectivity index (χ2v) is 4.73. The first-order chi connectivity index (χ1) is 8.27. The molecule has 0 saturated heterocycles. The molecule has 2 heteroatoms. The van der Waals surface area contributed by atoms with Crippen molar-refractivity contribution < 1.29 is 17.3 Å². The number of rotatable bonds is 4. The van der Waals surface area contributed by atoms with Crippen LogP contribution >= 0.6 is 0 Å². The van der Waals surface area contributed by atoms with Crippen molar-refractivity contribution in [2.75, 3.05) is 14.1 Å². The Hall–Kier alpha value is -1.31. The highest BCUT2D eigenvalue weighted by Crippen LogP contribution is 2.14. The average Bonchev–Trinajstić information content (AvgIpc) is 2.38. The first kappa shape index (κ1) is 14.7. The van der Waals surface area contributed by atoms with Crippen molar-refractivity contribution in [2.24, 2.45) is 0 Å². The maximum absolute atomic E-state index is 2.22. The van der Waals surface area contributed by atoms with Crippen LogP contribution in [-0.4, -0.2) is 14.1 Å². The van der Waals surface area contributed by atoms with Crippen molar-refractivity contribution in [1.29, 1.82) is 0 Å². The summed E-state index contributed by atoms with van der Waals surface area (Å²) < 4.78 is 0. The van der Waals surface area contributed by atoms with Gasteiger partial charge in [0, 0.05) is 12.0 Å². The summed E-state index contributed by atoms with van der Waals surface area (Å²) in [6.45, 7) is 0. The van der Waals surface area contributed by atoms with E-state index < -0.39 is 0 Å². The van der Waals surface area contributed by atoms with Gasteiger partial charge in [-0.2, -0.15) is 0 Å². The Kier molecular flexibility index (Phi) is 5.90. The highest BCUT2D eigenvalue weighted by molar-refractivity contribution is 5.22. The molecule has 0 heterocycles. The third kappa shape index (κ3) is 3.86. The van der Waals surface area contributed by atoms with E-state index in [4.69, 9.17) is 0 Å². The molecule has 2 aromatic carbocycles. The van der Waals surface area contributed by atoms with Crippen molar-refractivity contribution >= 4 is 0 Å². The minimum atomic E-state index is 0. The molecule has 1 unspecified atom stereocenters. The molecule has 96 valence electrons. The van der Waals surface area contributed by atoms with E-state index in [9.17, 15) is 0 Å². The molecule has 0 aliphatic rings. The summed E-state index contributed by atoms with van der Waals surface area (Å²) in [5, 5.41) is 0. The fraction of sp³-hybridized carbons (Fsp3) is 0.250. The Labute approximate surface area is 116 Å². The largest absolute Gasteiger partial charge is 1.00 e. The van der Waals surface area contributed by atoms with Gasteiger partial charge < -0.3 is 17.3 Å². The molecule has 0 aromatic heterocycles. The summed E-state index contributed by atoms with van der Waals surface area (Å²) in [7, 11) is 4.45. The van der Waals surface area contributed by atoms with E-state index in [2.05, 4.69) is 74.8 Å². The van der Waals surface area contributed by atoms with Crippen LogP contribution in [-0.2, 0) is 6.42 Å². The molecule has 0 aliphatic heterocycles. The predicted octanol–water partition coefficient (Wildman–Crippen LogP) is -0.881. The fourth-order valence-corrected chi connectivity index (χ4v) is 2.19. The van der Waals surface area contributed by atoms with Crippen LogP contribution in [0.5, 0.6) is 0 Å². The topological polar surface area (TPSA) is 4.44 Å². The van der Waals surface area contributed by atoms with Gasteiger partial charge in [-0.3, -0.25) is 0 Å². The van der Waals surface area contributed by atoms with Crippen LogP contribution in [0.3, 0.4) is 0 Å². The van der Waals surface area contributed by atoms with Gasteiger partial charge in [0.15, 0.2) is 0 Å². The van der Waals surface area contributed by atoms with Gasteiger partial charge in [0.05, 0.1) is 14.1 Å². The molecule has 0 bridgehead atoms. The summed E-state index contributed by atoms with van der Waals surface area (Å²) in [6.07, 6.45) is 1.09. The molecule has 18 heavy (non-hydrogen) atoms.